The smallest absolute Gasteiger partial charge is 0.327 e. The summed E-state index contributed by atoms with van der Waals surface area (Å²) in [5.74, 6) is 2.64. The molecule has 0 spiro atoms. The zero-order valence-electron chi connectivity index (χ0n) is 26.7. The van der Waals surface area contributed by atoms with Crippen LogP contribution in [0.1, 0.15) is 22.3 Å². The molecule has 1 aliphatic rings. The SMILES string of the molecule is Nc1nc(SCc2ccccc2)ncc1CNc1ccccc1Cl.O=C1Nc2nc(SCc3ccccc3)ncc2CN1c1ccccc1Cl. The van der Waals surface area contributed by atoms with Crippen molar-refractivity contribution in [1.82, 2.24) is 19.9 Å². The number of nitrogen functional groups attached to an aromatic ring is 1. The minimum absolute atomic E-state index is 0.247. The minimum atomic E-state index is -0.247. The van der Waals surface area contributed by atoms with Crippen molar-refractivity contribution in [2.24, 2.45) is 0 Å². The molecule has 0 fully saturated rings. The molecule has 0 aliphatic carbocycles. The number of thioether (sulfide) groups is 2. The first-order valence-electron chi connectivity index (χ1n) is 15.5. The Bertz CT molecular complexity index is 2060. The van der Waals surface area contributed by atoms with E-state index in [4.69, 9.17) is 28.9 Å². The molecule has 0 saturated carbocycles. The summed E-state index contributed by atoms with van der Waals surface area (Å²) in [6.07, 6.45) is 3.53. The Balaban J connectivity index is 0.000000174. The standard InChI is InChI=1S/C19H15ClN4OS.C18H17ClN4S/c20-15-8-4-5-9-16(15)24-11-14-10-21-18(22-17(14)23-19(24)25)26-12-13-6-2-1-3-7-13;19-15-8-4-5-9-16(15)21-10-14-11-22-18(23-17(14)20)24-12-13-6-2-1-3-7-13/h1-10H,11-12H2,(H,21,22,23,25);1-9,11,21H,10,12H2,(H2,20,22,23). The maximum Gasteiger partial charge on any atom is 0.327 e. The zero-order chi connectivity index (χ0) is 34.7. The first-order valence-corrected chi connectivity index (χ1v) is 18.3. The first kappa shape index (κ1) is 35.0. The molecule has 252 valence electrons. The molecule has 2 amide bonds. The predicted octanol–water partition coefficient (Wildman–Crippen LogP) is 9.59. The lowest BCUT2D eigenvalue weighted by Gasteiger charge is -2.29. The number of urea groups is 1. The van der Waals surface area contributed by atoms with Gasteiger partial charge in [0.1, 0.15) is 11.6 Å². The summed E-state index contributed by atoms with van der Waals surface area (Å²) in [4.78, 5) is 31.8. The Morgan fingerprint density at radius 3 is 1.96 bits per heavy atom. The van der Waals surface area contributed by atoms with Crippen LogP contribution in [-0.2, 0) is 24.6 Å². The Hall–Kier alpha value is -4.81. The Kier molecular flexibility index (Phi) is 12.1. The first-order chi connectivity index (χ1) is 24.4. The highest BCUT2D eigenvalue weighted by molar-refractivity contribution is 7.98. The number of aromatic nitrogens is 4. The van der Waals surface area contributed by atoms with Gasteiger partial charge in [0, 0.05) is 41.6 Å². The van der Waals surface area contributed by atoms with Gasteiger partial charge in [0.25, 0.3) is 0 Å². The molecule has 0 radical (unpaired) electrons. The van der Waals surface area contributed by atoms with Crippen LogP contribution in [0.15, 0.2) is 132 Å². The van der Waals surface area contributed by atoms with E-state index in [-0.39, 0.29) is 6.03 Å². The van der Waals surface area contributed by atoms with Crippen LogP contribution >= 0.6 is 46.7 Å². The summed E-state index contributed by atoms with van der Waals surface area (Å²) in [7, 11) is 0. The van der Waals surface area contributed by atoms with Gasteiger partial charge in [0.05, 0.1) is 28.0 Å². The molecule has 50 heavy (non-hydrogen) atoms. The Labute approximate surface area is 309 Å². The van der Waals surface area contributed by atoms with E-state index in [2.05, 4.69) is 54.8 Å². The van der Waals surface area contributed by atoms with E-state index < -0.39 is 0 Å². The van der Waals surface area contributed by atoms with Crippen LogP contribution < -0.4 is 21.3 Å². The van der Waals surface area contributed by atoms with Gasteiger partial charge >= 0.3 is 6.03 Å². The van der Waals surface area contributed by atoms with Crippen molar-refractivity contribution in [2.45, 2.75) is 34.9 Å². The van der Waals surface area contributed by atoms with Gasteiger partial charge in [-0.3, -0.25) is 10.2 Å². The third-order valence-electron chi connectivity index (χ3n) is 7.43. The van der Waals surface area contributed by atoms with E-state index in [1.165, 1.54) is 22.9 Å². The highest BCUT2D eigenvalue weighted by atomic mass is 35.5. The van der Waals surface area contributed by atoms with Crippen molar-refractivity contribution in [3.63, 3.8) is 0 Å². The second-order valence-corrected chi connectivity index (χ2v) is 13.6. The zero-order valence-corrected chi connectivity index (χ0v) is 29.8. The number of nitrogens with zero attached hydrogens (tertiary/aromatic N) is 5. The van der Waals surface area contributed by atoms with Crippen LogP contribution in [-0.4, -0.2) is 26.0 Å². The number of anilines is 4. The van der Waals surface area contributed by atoms with Crippen molar-refractivity contribution < 1.29 is 4.79 Å². The molecule has 13 heteroatoms. The molecule has 4 N–H and O–H groups in total. The number of hydrogen-bond donors (Lipinski definition) is 3. The molecule has 1 aliphatic heterocycles. The van der Waals surface area contributed by atoms with E-state index in [0.29, 0.717) is 50.8 Å². The highest BCUT2D eigenvalue weighted by Gasteiger charge is 2.27. The second kappa shape index (κ2) is 17.2. The molecule has 2 aromatic heterocycles. The van der Waals surface area contributed by atoms with Gasteiger partial charge in [-0.1, -0.05) is 132 Å². The van der Waals surface area contributed by atoms with E-state index in [0.717, 1.165) is 28.3 Å². The maximum atomic E-state index is 12.5. The van der Waals surface area contributed by atoms with Crippen LogP contribution in [0.4, 0.5) is 27.8 Å². The maximum absolute atomic E-state index is 12.5. The van der Waals surface area contributed by atoms with Gasteiger partial charge in [-0.25, -0.2) is 24.7 Å². The van der Waals surface area contributed by atoms with Crippen LogP contribution in [0.5, 0.6) is 0 Å². The minimum Gasteiger partial charge on any atom is -0.383 e. The number of amides is 2. The molecule has 9 nitrogen and oxygen atoms in total. The van der Waals surface area contributed by atoms with E-state index in [1.54, 1.807) is 35.1 Å². The van der Waals surface area contributed by atoms with Crippen molar-refractivity contribution in [3.05, 3.63) is 154 Å². The van der Waals surface area contributed by atoms with Crippen LogP contribution in [0, 0.1) is 0 Å². The summed E-state index contributed by atoms with van der Waals surface area (Å²) >= 11 is 15.5. The number of carbonyl (C=O) groups is 1. The highest BCUT2D eigenvalue weighted by Crippen LogP contribution is 2.32. The lowest BCUT2D eigenvalue weighted by atomic mass is 10.2. The van der Waals surface area contributed by atoms with Gasteiger partial charge in [-0.15, -0.1) is 0 Å². The summed E-state index contributed by atoms with van der Waals surface area (Å²) in [6.45, 7) is 0.910. The van der Waals surface area contributed by atoms with Crippen LogP contribution in [0.2, 0.25) is 10.0 Å². The molecular formula is C37H32Cl2N8OS2. The fourth-order valence-corrected chi connectivity index (χ4v) is 6.80. The van der Waals surface area contributed by atoms with E-state index in [1.807, 2.05) is 78.9 Å². The van der Waals surface area contributed by atoms with E-state index >= 15 is 0 Å². The number of halogens is 2. The predicted molar refractivity (Wildman–Crippen MR) is 206 cm³/mol. The number of rotatable bonds is 10. The molecule has 3 heterocycles. The number of benzene rings is 4. The second-order valence-electron chi connectivity index (χ2n) is 10.9. The molecule has 4 aromatic carbocycles. The number of nitrogens with two attached hydrogens (primary N) is 1. The van der Waals surface area contributed by atoms with Gasteiger partial charge in [-0.05, 0) is 35.4 Å². The average molecular weight is 740 g/mol. The molecule has 0 saturated heterocycles. The van der Waals surface area contributed by atoms with Gasteiger partial charge in [-0.2, -0.15) is 0 Å². The topological polar surface area (TPSA) is 122 Å². The van der Waals surface area contributed by atoms with E-state index in [9.17, 15) is 4.79 Å². The van der Waals surface area contributed by atoms with Crippen LogP contribution in [0.25, 0.3) is 0 Å². The van der Waals surface area contributed by atoms with Crippen LogP contribution in [0.3, 0.4) is 0 Å². The van der Waals surface area contributed by atoms with Gasteiger partial charge < -0.3 is 11.1 Å². The summed E-state index contributed by atoms with van der Waals surface area (Å²) in [5.41, 5.74) is 11.7. The van der Waals surface area contributed by atoms with Gasteiger partial charge in [0.2, 0.25) is 0 Å². The Morgan fingerprint density at radius 1 is 0.740 bits per heavy atom. The quantitative estimate of drug-likeness (QED) is 0.0932. The molecule has 0 unspecified atom stereocenters. The number of fused-ring (bicyclic) bond motifs is 1. The third-order valence-corrected chi connectivity index (χ3v) is 9.94. The molecule has 0 atom stereocenters. The molecule has 7 rings (SSSR count). The lowest BCUT2D eigenvalue weighted by Crippen LogP contribution is -2.39. The van der Waals surface area contributed by atoms with Crippen molar-refractivity contribution in [1.29, 1.82) is 0 Å². The Morgan fingerprint density at radius 2 is 1.32 bits per heavy atom. The number of hydrogen-bond acceptors (Lipinski definition) is 9. The largest absolute Gasteiger partial charge is 0.383 e. The number of carbonyl (C=O) groups excluding carboxylic acids is 1. The molecular weight excluding hydrogens is 708 g/mol. The monoisotopic (exact) mass is 738 g/mol. The average Bonchev–Trinajstić information content (AvgIpc) is 3.14. The summed E-state index contributed by atoms with van der Waals surface area (Å²) < 4.78 is 0. The van der Waals surface area contributed by atoms with Crippen molar-refractivity contribution in [2.75, 3.05) is 21.3 Å². The fourth-order valence-electron chi connectivity index (χ4n) is 4.81. The van der Waals surface area contributed by atoms with Crippen molar-refractivity contribution >= 4 is 75.8 Å². The molecule has 0 bridgehead atoms. The number of para-hydroxylation sites is 2. The summed E-state index contributed by atoms with van der Waals surface area (Å²) in [6, 6.07) is 34.9. The normalized spacial score (nSPS) is 12.0. The fraction of sp³-hybridized carbons (Fsp3) is 0.108. The number of nitrogens with one attached hydrogen (secondary N) is 2. The van der Waals surface area contributed by atoms with Gasteiger partial charge in [0.15, 0.2) is 10.3 Å². The van der Waals surface area contributed by atoms with Crippen molar-refractivity contribution in [3.8, 4) is 0 Å². The lowest BCUT2D eigenvalue weighted by molar-refractivity contribution is 0.256. The summed E-state index contributed by atoms with van der Waals surface area (Å²) in [5, 5.41) is 8.61. The third kappa shape index (κ3) is 9.45. The molecule has 6 aromatic rings.